The van der Waals surface area contributed by atoms with E-state index in [1.807, 2.05) is 13.8 Å². The van der Waals surface area contributed by atoms with E-state index in [9.17, 15) is 24.9 Å². The van der Waals surface area contributed by atoms with Crippen LogP contribution >= 0.6 is 0 Å². The number of carboxylic acids is 1. The van der Waals surface area contributed by atoms with Crippen molar-refractivity contribution in [3.8, 4) is 17.2 Å². The molecule has 0 unspecified atom stereocenters. The highest BCUT2D eigenvalue weighted by Gasteiger charge is 2.26. The van der Waals surface area contributed by atoms with Crippen molar-refractivity contribution in [2.75, 3.05) is 0 Å². The highest BCUT2D eigenvalue weighted by molar-refractivity contribution is 5.73. The van der Waals surface area contributed by atoms with Gasteiger partial charge in [0, 0.05) is 11.1 Å². The van der Waals surface area contributed by atoms with Gasteiger partial charge in [0.15, 0.2) is 11.5 Å². The second-order valence-electron chi connectivity index (χ2n) is 9.51. The summed E-state index contributed by atoms with van der Waals surface area (Å²) in [7, 11) is 0. The molecule has 0 radical (unpaired) electrons. The Kier molecular flexibility index (Phi) is 10.1. The molecule has 7 nitrogen and oxygen atoms in total. The van der Waals surface area contributed by atoms with Gasteiger partial charge < -0.3 is 25.2 Å². The first-order valence-electron chi connectivity index (χ1n) is 11.0. The van der Waals surface area contributed by atoms with Gasteiger partial charge in [0.1, 0.15) is 11.4 Å². The molecule has 0 amide bonds. The molecular formula is C24H38O7. The van der Waals surface area contributed by atoms with Crippen LogP contribution in [0, 0.1) is 5.41 Å². The number of carboxylic acid groups (broad SMARTS) is 1. The summed E-state index contributed by atoms with van der Waals surface area (Å²) >= 11 is 0. The van der Waals surface area contributed by atoms with Gasteiger partial charge in [-0.2, -0.15) is 0 Å². The normalized spacial score (nSPS) is 12.0. The summed E-state index contributed by atoms with van der Waals surface area (Å²) in [4.78, 5) is 21.6. The molecule has 7 heteroatoms. The van der Waals surface area contributed by atoms with E-state index in [1.54, 1.807) is 13.8 Å². The fourth-order valence-corrected chi connectivity index (χ4v) is 3.56. The minimum Gasteiger partial charge on any atom is -0.508 e. The van der Waals surface area contributed by atoms with Crippen molar-refractivity contribution >= 4 is 12.4 Å². The highest BCUT2D eigenvalue weighted by Crippen LogP contribution is 2.40. The summed E-state index contributed by atoms with van der Waals surface area (Å²) in [5, 5.41) is 40.2. The Bertz CT molecular complexity index is 738. The Hall–Kier alpha value is -2.44. The largest absolute Gasteiger partial charge is 0.508 e. The van der Waals surface area contributed by atoms with Crippen molar-refractivity contribution < 1.29 is 34.8 Å². The maximum absolute atomic E-state index is 11.1. The van der Waals surface area contributed by atoms with Gasteiger partial charge in [-0.25, -0.2) is 0 Å². The lowest BCUT2D eigenvalue weighted by Crippen LogP contribution is -2.23. The standard InChI is InChI=1S/C24H38O7/c1-23(2,22(29)30)13-9-5-7-11-17-15-19(26)18(21(28)20(17)27)12-8-6-10-14-24(3,4)31-16-25/h15-16,26-28H,5-14H2,1-4H3,(H,29,30). The number of phenols is 3. The van der Waals surface area contributed by atoms with E-state index in [2.05, 4.69) is 0 Å². The number of aromatic hydroxyl groups is 3. The monoisotopic (exact) mass is 438 g/mol. The smallest absolute Gasteiger partial charge is 0.309 e. The van der Waals surface area contributed by atoms with E-state index in [0.717, 1.165) is 44.9 Å². The molecule has 0 fully saturated rings. The summed E-state index contributed by atoms with van der Waals surface area (Å²) in [6, 6.07) is 1.51. The molecule has 0 bridgehead atoms. The van der Waals surface area contributed by atoms with E-state index in [1.165, 1.54) is 6.07 Å². The Morgan fingerprint density at radius 2 is 1.48 bits per heavy atom. The van der Waals surface area contributed by atoms with Crippen molar-refractivity contribution in [2.24, 2.45) is 5.41 Å². The Morgan fingerprint density at radius 1 is 0.903 bits per heavy atom. The lowest BCUT2D eigenvalue weighted by molar-refractivity contribution is -0.147. The van der Waals surface area contributed by atoms with E-state index in [0.29, 0.717) is 36.9 Å². The number of phenolic OH excluding ortho intramolecular Hbond substituents is 3. The fraction of sp³-hybridized carbons (Fsp3) is 0.667. The number of carbonyl (C=O) groups excluding carboxylic acids is 1. The maximum Gasteiger partial charge on any atom is 0.309 e. The van der Waals surface area contributed by atoms with E-state index >= 15 is 0 Å². The lowest BCUT2D eigenvalue weighted by Gasteiger charge is -2.22. The van der Waals surface area contributed by atoms with Crippen LogP contribution in [0.3, 0.4) is 0 Å². The van der Waals surface area contributed by atoms with Crippen LogP contribution in [0.25, 0.3) is 0 Å². The van der Waals surface area contributed by atoms with Crippen LogP contribution in [0.5, 0.6) is 17.2 Å². The van der Waals surface area contributed by atoms with Gasteiger partial charge in [-0.15, -0.1) is 0 Å². The van der Waals surface area contributed by atoms with Crippen LogP contribution in [0.1, 0.15) is 90.2 Å². The van der Waals surface area contributed by atoms with Crippen molar-refractivity contribution in [2.45, 2.75) is 97.5 Å². The lowest BCUT2D eigenvalue weighted by atomic mass is 9.87. The molecule has 0 saturated heterocycles. The molecule has 1 aromatic rings. The summed E-state index contributed by atoms with van der Waals surface area (Å²) in [6.45, 7) is 7.56. The Labute approximate surface area is 185 Å². The topological polar surface area (TPSA) is 124 Å². The second kappa shape index (κ2) is 11.8. The van der Waals surface area contributed by atoms with Crippen LogP contribution in [-0.4, -0.2) is 38.5 Å². The number of benzene rings is 1. The zero-order valence-corrected chi connectivity index (χ0v) is 19.2. The predicted molar refractivity (Wildman–Crippen MR) is 118 cm³/mol. The SMILES string of the molecule is CC(C)(CCCCCc1c(O)cc(CCCCCC(C)(C)C(=O)O)c(O)c1O)OC=O. The Balaban J connectivity index is 2.52. The minimum atomic E-state index is -0.811. The Morgan fingerprint density at radius 3 is 2.06 bits per heavy atom. The average Bonchev–Trinajstić information content (AvgIpc) is 2.67. The van der Waals surface area contributed by atoms with Gasteiger partial charge in [-0.05, 0) is 78.7 Å². The number of rotatable bonds is 15. The van der Waals surface area contributed by atoms with Crippen LogP contribution in [0.15, 0.2) is 6.07 Å². The number of aliphatic carboxylic acids is 1. The molecule has 0 aliphatic heterocycles. The zero-order chi connectivity index (χ0) is 23.7. The van der Waals surface area contributed by atoms with Crippen molar-refractivity contribution in [1.82, 2.24) is 0 Å². The summed E-state index contributed by atoms with van der Waals surface area (Å²) in [6.07, 6.45) is 6.88. The number of carbonyl (C=O) groups is 2. The fourth-order valence-electron chi connectivity index (χ4n) is 3.56. The molecule has 0 aliphatic carbocycles. The molecule has 0 spiro atoms. The molecule has 0 aliphatic rings. The molecule has 4 N–H and O–H groups in total. The van der Waals surface area contributed by atoms with E-state index in [4.69, 9.17) is 9.84 Å². The molecule has 1 aromatic carbocycles. The molecule has 176 valence electrons. The third-order valence-corrected chi connectivity index (χ3v) is 5.83. The first kappa shape index (κ1) is 26.6. The number of aryl methyl sites for hydroxylation is 1. The van der Waals surface area contributed by atoms with Gasteiger partial charge in [0.25, 0.3) is 6.47 Å². The van der Waals surface area contributed by atoms with Crippen LogP contribution in [-0.2, 0) is 27.2 Å². The quantitative estimate of drug-likeness (QED) is 0.130. The van der Waals surface area contributed by atoms with Crippen LogP contribution in [0.2, 0.25) is 0 Å². The number of hydrogen-bond donors (Lipinski definition) is 4. The highest BCUT2D eigenvalue weighted by atomic mass is 16.5. The second-order valence-corrected chi connectivity index (χ2v) is 9.51. The average molecular weight is 439 g/mol. The van der Waals surface area contributed by atoms with Crippen molar-refractivity contribution in [1.29, 1.82) is 0 Å². The summed E-state index contributed by atoms with van der Waals surface area (Å²) < 4.78 is 5.02. The van der Waals surface area contributed by atoms with E-state index in [-0.39, 0.29) is 17.2 Å². The molecule has 0 atom stereocenters. The van der Waals surface area contributed by atoms with Crippen molar-refractivity contribution in [3.63, 3.8) is 0 Å². The van der Waals surface area contributed by atoms with Gasteiger partial charge in [0.05, 0.1) is 5.41 Å². The molecular weight excluding hydrogens is 400 g/mol. The van der Waals surface area contributed by atoms with Crippen LogP contribution < -0.4 is 0 Å². The van der Waals surface area contributed by atoms with Crippen molar-refractivity contribution in [3.05, 3.63) is 17.2 Å². The first-order chi connectivity index (χ1) is 14.4. The third kappa shape index (κ3) is 8.67. The number of unbranched alkanes of at least 4 members (excludes halogenated alkanes) is 4. The molecule has 0 aromatic heterocycles. The van der Waals surface area contributed by atoms with Gasteiger partial charge in [0.2, 0.25) is 0 Å². The zero-order valence-electron chi connectivity index (χ0n) is 19.2. The van der Waals surface area contributed by atoms with Crippen LogP contribution in [0.4, 0.5) is 0 Å². The minimum absolute atomic E-state index is 0.0260. The number of ether oxygens (including phenoxy) is 1. The summed E-state index contributed by atoms with van der Waals surface area (Å²) in [5.41, 5.74) is -0.427. The van der Waals surface area contributed by atoms with E-state index < -0.39 is 17.0 Å². The third-order valence-electron chi connectivity index (χ3n) is 5.83. The number of hydrogen-bond acceptors (Lipinski definition) is 6. The van der Waals surface area contributed by atoms with Gasteiger partial charge >= 0.3 is 5.97 Å². The first-order valence-corrected chi connectivity index (χ1v) is 11.0. The maximum atomic E-state index is 11.1. The molecule has 0 heterocycles. The van der Waals surface area contributed by atoms with Gasteiger partial charge in [-0.1, -0.05) is 19.3 Å². The summed E-state index contributed by atoms with van der Waals surface area (Å²) in [5.74, 6) is -1.30. The predicted octanol–water partition coefficient (Wildman–Crippen LogP) is 5.07. The molecule has 0 saturated carbocycles. The molecule has 1 rings (SSSR count). The van der Waals surface area contributed by atoms with Gasteiger partial charge in [-0.3, -0.25) is 9.59 Å². The molecule has 31 heavy (non-hydrogen) atoms.